The Morgan fingerprint density at radius 2 is 2.00 bits per heavy atom. The van der Waals surface area contributed by atoms with Gasteiger partial charge in [0.15, 0.2) is 0 Å². The van der Waals surface area contributed by atoms with Crippen LogP contribution in [0.4, 0.5) is 0 Å². The highest BCUT2D eigenvalue weighted by atomic mass is 16.3. The summed E-state index contributed by atoms with van der Waals surface area (Å²) in [6.07, 6.45) is 3.25. The molecule has 0 radical (unpaired) electrons. The number of aliphatic hydroxyl groups is 2. The topological polar surface area (TPSA) is 40.5 Å². The van der Waals surface area contributed by atoms with Crippen molar-refractivity contribution in [2.75, 3.05) is 6.61 Å². The van der Waals surface area contributed by atoms with Crippen LogP contribution in [0.5, 0.6) is 0 Å². The summed E-state index contributed by atoms with van der Waals surface area (Å²) >= 11 is 0. The fraction of sp³-hybridized carbons (Fsp3) is 1.00. The van der Waals surface area contributed by atoms with Gasteiger partial charge in [0.05, 0.1) is 6.10 Å². The second-order valence-corrected chi connectivity index (χ2v) is 2.28. The number of hydrogen-bond acceptors (Lipinski definition) is 2. The molecule has 0 saturated carbocycles. The fourth-order valence-electron chi connectivity index (χ4n) is 0.696. The van der Waals surface area contributed by atoms with Gasteiger partial charge in [0.1, 0.15) is 0 Å². The zero-order valence-electron chi connectivity index (χ0n) is 6.01. The van der Waals surface area contributed by atoms with Crippen LogP contribution < -0.4 is 0 Å². The average molecular weight is 132 g/mol. The lowest BCUT2D eigenvalue weighted by atomic mass is 10.1. The van der Waals surface area contributed by atoms with E-state index < -0.39 is 0 Å². The summed E-state index contributed by atoms with van der Waals surface area (Å²) in [5, 5.41) is 17.4. The molecule has 2 nitrogen and oxygen atoms in total. The second kappa shape index (κ2) is 6.05. The van der Waals surface area contributed by atoms with E-state index in [4.69, 9.17) is 10.2 Å². The molecule has 0 aliphatic heterocycles. The van der Waals surface area contributed by atoms with Crippen molar-refractivity contribution in [1.82, 2.24) is 0 Å². The van der Waals surface area contributed by atoms with Gasteiger partial charge in [-0.15, -0.1) is 0 Å². The van der Waals surface area contributed by atoms with Crippen molar-refractivity contribution in [2.45, 2.75) is 38.7 Å². The monoisotopic (exact) mass is 132 g/mol. The number of hydrogen-bond donors (Lipinski definition) is 2. The largest absolute Gasteiger partial charge is 0.396 e. The molecule has 9 heavy (non-hydrogen) atoms. The first-order valence-corrected chi connectivity index (χ1v) is 3.60. The highest BCUT2D eigenvalue weighted by Crippen LogP contribution is 2.02. The summed E-state index contributed by atoms with van der Waals surface area (Å²) in [6.45, 7) is 2.21. The molecule has 0 rings (SSSR count). The summed E-state index contributed by atoms with van der Waals surface area (Å²) in [6, 6.07) is 0. The van der Waals surface area contributed by atoms with E-state index in [1.165, 1.54) is 0 Å². The molecule has 0 aromatic carbocycles. The molecular formula is C7H16O2. The smallest absolute Gasteiger partial charge is 0.0537 e. The van der Waals surface area contributed by atoms with Crippen molar-refractivity contribution in [2.24, 2.45) is 0 Å². The normalized spacial score (nSPS) is 13.7. The first-order chi connectivity index (χ1) is 4.31. The quantitative estimate of drug-likeness (QED) is 0.546. The second-order valence-electron chi connectivity index (χ2n) is 2.28. The van der Waals surface area contributed by atoms with Crippen molar-refractivity contribution in [1.29, 1.82) is 0 Å². The molecule has 0 heterocycles. The molecule has 0 fully saturated rings. The molecule has 2 N–H and O–H groups in total. The van der Waals surface area contributed by atoms with Gasteiger partial charge in [0.25, 0.3) is 0 Å². The molecule has 0 saturated heterocycles. The standard InChI is InChI=1S/C7H16O2/c1-2-7(9)5-3-4-6-8/h7-9H,2-6H2,1H3/t7-/m1/s1. The van der Waals surface area contributed by atoms with E-state index in [1.807, 2.05) is 6.92 Å². The molecule has 0 aromatic heterocycles. The lowest BCUT2D eigenvalue weighted by Gasteiger charge is -2.04. The summed E-state index contributed by atoms with van der Waals surface area (Å²) < 4.78 is 0. The molecule has 0 bridgehead atoms. The van der Waals surface area contributed by atoms with E-state index in [0.29, 0.717) is 0 Å². The van der Waals surface area contributed by atoms with Gasteiger partial charge < -0.3 is 10.2 Å². The van der Waals surface area contributed by atoms with E-state index >= 15 is 0 Å². The lowest BCUT2D eigenvalue weighted by Crippen LogP contribution is -2.03. The van der Waals surface area contributed by atoms with Crippen LogP contribution in [0.2, 0.25) is 0 Å². The molecule has 0 unspecified atom stereocenters. The van der Waals surface area contributed by atoms with Gasteiger partial charge in [0, 0.05) is 6.61 Å². The van der Waals surface area contributed by atoms with E-state index in [2.05, 4.69) is 0 Å². The van der Waals surface area contributed by atoms with E-state index in [0.717, 1.165) is 25.7 Å². The van der Waals surface area contributed by atoms with Crippen LogP contribution in [0.25, 0.3) is 0 Å². The molecule has 0 amide bonds. The van der Waals surface area contributed by atoms with Crippen LogP contribution in [0.3, 0.4) is 0 Å². The van der Waals surface area contributed by atoms with Crippen molar-refractivity contribution in [3.63, 3.8) is 0 Å². The Morgan fingerprint density at radius 1 is 1.33 bits per heavy atom. The van der Waals surface area contributed by atoms with Crippen LogP contribution in [0.15, 0.2) is 0 Å². The molecule has 0 aliphatic rings. The maximum absolute atomic E-state index is 9.00. The van der Waals surface area contributed by atoms with Gasteiger partial charge in [-0.1, -0.05) is 6.92 Å². The van der Waals surface area contributed by atoms with Crippen molar-refractivity contribution >= 4 is 0 Å². The van der Waals surface area contributed by atoms with Crippen molar-refractivity contribution < 1.29 is 10.2 Å². The zero-order valence-corrected chi connectivity index (χ0v) is 6.01. The third kappa shape index (κ3) is 5.80. The highest BCUT2D eigenvalue weighted by Gasteiger charge is 1.97. The molecule has 0 aromatic rings. The van der Waals surface area contributed by atoms with Crippen LogP contribution in [-0.4, -0.2) is 22.9 Å². The van der Waals surface area contributed by atoms with Crippen LogP contribution >= 0.6 is 0 Å². The Kier molecular flexibility index (Phi) is 5.99. The Balaban J connectivity index is 2.88. The Bertz CT molecular complexity index is 54.9. The number of aliphatic hydroxyl groups excluding tert-OH is 2. The van der Waals surface area contributed by atoms with Gasteiger partial charge in [0.2, 0.25) is 0 Å². The fourth-order valence-corrected chi connectivity index (χ4v) is 0.696. The van der Waals surface area contributed by atoms with Gasteiger partial charge >= 0.3 is 0 Å². The van der Waals surface area contributed by atoms with Gasteiger partial charge in [-0.3, -0.25) is 0 Å². The predicted octanol–water partition coefficient (Wildman–Crippen LogP) is 0.920. The first-order valence-electron chi connectivity index (χ1n) is 3.60. The lowest BCUT2D eigenvalue weighted by molar-refractivity contribution is 0.153. The van der Waals surface area contributed by atoms with Crippen molar-refractivity contribution in [3.05, 3.63) is 0 Å². The molecule has 0 spiro atoms. The van der Waals surface area contributed by atoms with Crippen LogP contribution in [0.1, 0.15) is 32.6 Å². The van der Waals surface area contributed by atoms with E-state index in [9.17, 15) is 0 Å². The minimum Gasteiger partial charge on any atom is -0.396 e. The molecule has 0 aliphatic carbocycles. The number of rotatable bonds is 5. The Labute approximate surface area is 56.5 Å². The Hall–Kier alpha value is -0.0800. The van der Waals surface area contributed by atoms with Crippen LogP contribution in [0, 0.1) is 0 Å². The highest BCUT2D eigenvalue weighted by molar-refractivity contribution is 4.51. The first kappa shape index (κ1) is 8.92. The summed E-state index contributed by atoms with van der Waals surface area (Å²) in [7, 11) is 0. The van der Waals surface area contributed by atoms with Gasteiger partial charge in [-0.05, 0) is 25.7 Å². The van der Waals surface area contributed by atoms with Crippen LogP contribution in [-0.2, 0) is 0 Å². The molecule has 2 heteroatoms. The molecular weight excluding hydrogens is 116 g/mol. The minimum absolute atomic E-state index is 0.156. The SMILES string of the molecule is CC[C@@H](O)CCCCO. The van der Waals surface area contributed by atoms with Crippen molar-refractivity contribution in [3.8, 4) is 0 Å². The van der Waals surface area contributed by atoms with E-state index in [-0.39, 0.29) is 12.7 Å². The minimum atomic E-state index is -0.156. The zero-order chi connectivity index (χ0) is 7.11. The third-order valence-electron chi connectivity index (χ3n) is 1.42. The number of unbranched alkanes of at least 4 members (excludes halogenated alkanes) is 1. The third-order valence-corrected chi connectivity index (χ3v) is 1.42. The predicted molar refractivity (Wildman–Crippen MR) is 37.2 cm³/mol. The molecule has 56 valence electrons. The van der Waals surface area contributed by atoms with E-state index in [1.54, 1.807) is 0 Å². The van der Waals surface area contributed by atoms with Gasteiger partial charge in [-0.2, -0.15) is 0 Å². The molecule has 1 atom stereocenters. The summed E-state index contributed by atoms with van der Waals surface area (Å²) in [5.41, 5.74) is 0. The van der Waals surface area contributed by atoms with Gasteiger partial charge in [-0.25, -0.2) is 0 Å². The maximum atomic E-state index is 9.00. The Morgan fingerprint density at radius 3 is 2.44 bits per heavy atom. The summed E-state index contributed by atoms with van der Waals surface area (Å²) in [4.78, 5) is 0. The maximum Gasteiger partial charge on any atom is 0.0537 e. The summed E-state index contributed by atoms with van der Waals surface area (Å²) in [5.74, 6) is 0. The average Bonchev–Trinajstić information content (AvgIpc) is 1.89.